The van der Waals surface area contributed by atoms with Crippen LogP contribution in [0.5, 0.6) is 11.8 Å². The summed E-state index contributed by atoms with van der Waals surface area (Å²) in [5, 5.41) is 11.7. The van der Waals surface area contributed by atoms with Crippen molar-refractivity contribution in [2.24, 2.45) is 0 Å². The van der Waals surface area contributed by atoms with E-state index in [0.29, 0.717) is 38.7 Å². The van der Waals surface area contributed by atoms with Gasteiger partial charge >= 0.3 is 12.1 Å². The van der Waals surface area contributed by atoms with E-state index in [9.17, 15) is 9.90 Å². The number of rotatable bonds is 9. The van der Waals surface area contributed by atoms with Crippen LogP contribution in [0.25, 0.3) is 10.8 Å². The lowest BCUT2D eigenvalue weighted by atomic mass is 10.0. The molecule has 214 valence electrons. The Kier molecular flexibility index (Phi) is 8.41. The Morgan fingerprint density at radius 3 is 2.58 bits per heavy atom. The molecule has 0 bridgehead atoms. The molecule has 1 N–H and O–H groups in total. The molecule has 40 heavy (non-hydrogen) atoms. The monoisotopic (exact) mass is 550 g/mol. The van der Waals surface area contributed by atoms with Gasteiger partial charge in [0.25, 0.3) is 0 Å². The van der Waals surface area contributed by atoms with Crippen LogP contribution in [0.1, 0.15) is 18.2 Å². The van der Waals surface area contributed by atoms with E-state index in [4.69, 9.17) is 24.2 Å². The van der Waals surface area contributed by atoms with Gasteiger partial charge in [-0.1, -0.05) is 24.3 Å². The Morgan fingerprint density at radius 1 is 1.07 bits per heavy atom. The minimum atomic E-state index is -0.884. The van der Waals surface area contributed by atoms with Crippen molar-refractivity contribution < 1.29 is 24.1 Å². The highest BCUT2D eigenvalue weighted by Gasteiger charge is 2.29. The number of carboxylic acid groups (broad SMARTS) is 1. The number of likely N-dealkylation sites (N-methyl/N-ethyl adjacent to an activating group) is 1. The summed E-state index contributed by atoms with van der Waals surface area (Å²) in [5.41, 5.74) is 3.11. The molecule has 11 nitrogen and oxygen atoms in total. The molecule has 0 aliphatic carbocycles. The van der Waals surface area contributed by atoms with Gasteiger partial charge in [-0.3, -0.25) is 0 Å². The molecule has 3 heterocycles. The number of amides is 1. The van der Waals surface area contributed by atoms with E-state index in [1.807, 2.05) is 33.2 Å². The molecule has 1 amide bonds. The summed E-state index contributed by atoms with van der Waals surface area (Å²) < 4.78 is 17.2. The number of benzene rings is 2. The second-order valence-corrected chi connectivity index (χ2v) is 10.6. The number of ether oxygens (including phenoxy) is 3. The van der Waals surface area contributed by atoms with Crippen molar-refractivity contribution in [3.63, 3.8) is 0 Å². The first-order valence-electron chi connectivity index (χ1n) is 13.7. The number of aromatic nitrogens is 2. The SMILES string of the molecule is COCOc1cc(N2CCc3c(nc(O[C@H](C)CN(C)C)nc3N3CCN(C(=O)O)CC3)C2)c2ccccc2c1. The van der Waals surface area contributed by atoms with Crippen LogP contribution in [0.3, 0.4) is 0 Å². The Bertz CT molecular complexity index is 1340. The van der Waals surface area contributed by atoms with E-state index in [-0.39, 0.29) is 12.9 Å². The Morgan fingerprint density at radius 2 is 1.85 bits per heavy atom. The fourth-order valence-corrected chi connectivity index (χ4v) is 5.48. The molecule has 0 spiro atoms. The molecule has 2 aliphatic rings. The lowest BCUT2D eigenvalue weighted by molar-refractivity contribution is 0.0512. The van der Waals surface area contributed by atoms with Crippen LogP contribution >= 0.6 is 0 Å². The number of carbonyl (C=O) groups is 1. The summed E-state index contributed by atoms with van der Waals surface area (Å²) >= 11 is 0. The predicted octanol–water partition coefficient (Wildman–Crippen LogP) is 3.30. The third kappa shape index (κ3) is 6.15. The highest BCUT2D eigenvalue weighted by molar-refractivity contribution is 5.95. The van der Waals surface area contributed by atoms with Gasteiger partial charge in [0.1, 0.15) is 17.7 Å². The third-order valence-electron chi connectivity index (χ3n) is 7.30. The summed E-state index contributed by atoms with van der Waals surface area (Å²) in [4.78, 5) is 29.3. The first-order valence-corrected chi connectivity index (χ1v) is 13.7. The minimum Gasteiger partial charge on any atom is -0.467 e. The molecule has 5 rings (SSSR count). The highest BCUT2D eigenvalue weighted by atomic mass is 16.7. The standard InChI is InChI=1S/C29H38N6O5/c1-20(17-32(2)3)40-28-30-25-18-35(26-16-22(39-19-38-4)15-21-7-5-6-8-23(21)26)10-9-24(25)27(31-28)33-11-13-34(14-12-33)29(36)37/h5-8,15-16,20H,9-14,17-19H2,1-4H3,(H,36,37)/t20-/m1/s1. The maximum atomic E-state index is 11.5. The van der Waals surface area contributed by atoms with Crippen molar-refractivity contribution >= 4 is 28.4 Å². The Hall–Kier alpha value is -3.83. The van der Waals surface area contributed by atoms with Gasteiger partial charge < -0.3 is 38.9 Å². The predicted molar refractivity (Wildman–Crippen MR) is 154 cm³/mol. The van der Waals surface area contributed by atoms with Crippen LogP contribution in [0.4, 0.5) is 16.3 Å². The summed E-state index contributed by atoms with van der Waals surface area (Å²) in [7, 11) is 5.63. The van der Waals surface area contributed by atoms with Crippen molar-refractivity contribution in [2.75, 3.05) is 77.1 Å². The number of anilines is 2. The lowest BCUT2D eigenvalue weighted by Gasteiger charge is -2.37. The van der Waals surface area contributed by atoms with Crippen LogP contribution in [0.2, 0.25) is 0 Å². The minimum absolute atomic E-state index is 0.0944. The molecule has 0 saturated carbocycles. The number of hydrogen-bond donors (Lipinski definition) is 1. The molecule has 0 radical (unpaired) electrons. The molecule has 1 fully saturated rings. The molecule has 1 saturated heterocycles. The van der Waals surface area contributed by atoms with Gasteiger partial charge in [0.05, 0.1) is 12.2 Å². The fraction of sp³-hybridized carbons (Fsp3) is 0.483. The Labute approximate surface area is 234 Å². The molecular weight excluding hydrogens is 512 g/mol. The molecule has 11 heteroatoms. The normalized spacial score (nSPS) is 16.3. The average molecular weight is 551 g/mol. The topological polar surface area (TPSA) is 104 Å². The molecule has 2 aromatic carbocycles. The Balaban J connectivity index is 1.49. The van der Waals surface area contributed by atoms with Gasteiger partial charge in [0.15, 0.2) is 6.79 Å². The zero-order valence-corrected chi connectivity index (χ0v) is 23.7. The number of piperazine rings is 1. The number of methoxy groups -OCH3 is 1. The van der Waals surface area contributed by atoms with Gasteiger partial charge in [-0.25, -0.2) is 4.79 Å². The van der Waals surface area contributed by atoms with Gasteiger partial charge in [-0.05, 0) is 38.9 Å². The van der Waals surface area contributed by atoms with Crippen LogP contribution < -0.4 is 19.3 Å². The van der Waals surface area contributed by atoms with Crippen LogP contribution in [0, 0.1) is 0 Å². The number of fused-ring (bicyclic) bond motifs is 2. The highest BCUT2D eigenvalue weighted by Crippen LogP contribution is 2.37. The zero-order chi connectivity index (χ0) is 28.2. The summed E-state index contributed by atoms with van der Waals surface area (Å²) in [6.45, 7) is 6.34. The first kappa shape index (κ1) is 27.7. The van der Waals surface area contributed by atoms with Gasteiger partial charge in [-0.15, -0.1) is 0 Å². The second kappa shape index (κ2) is 12.1. The fourth-order valence-electron chi connectivity index (χ4n) is 5.48. The molecule has 0 unspecified atom stereocenters. The first-order chi connectivity index (χ1) is 19.3. The van der Waals surface area contributed by atoms with Crippen molar-refractivity contribution in [1.29, 1.82) is 0 Å². The summed E-state index contributed by atoms with van der Waals surface area (Å²) in [5.74, 6) is 1.60. The maximum Gasteiger partial charge on any atom is 0.407 e. The van der Waals surface area contributed by atoms with E-state index < -0.39 is 6.09 Å². The van der Waals surface area contributed by atoms with E-state index >= 15 is 0 Å². The average Bonchev–Trinajstić information content (AvgIpc) is 2.94. The maximum absolute atomic E-state index is 11.5. The van der Waals surface area contributed by atoms with E-state index in [1.165, 1.54) is 4.90 Å². The lowest BCUT2D eigenvalue weighted by Crippen LogP contribution is -2.49. The van der Waals surface area contributed by atoms with Crippen LogP contribution in [-0.2, 0) is 17.7 Å². The number of nitrogens with zero attached hydrogens (tertiary/aromatic N) is 6. The van der Waals surface area contributed by atoms with Gasteiger partial charge in [0.2, 0.25) is 0 Å². The molecular formula is C29H38N6O5. The van der Waals surface area contributed by atoms with Crippen LogP contribution in [0.15, 0.2) is 36.4 Å². The third-order valence-corrected chi connectivity index (χ3v) is 7.30. The van der Waals surface area contributed by atoms with Crippen molar-refractivity contribution in [3.8, 4) is 11.8 Å². The van der Waals surface area contributed by atoms with Crippen molar-refractivity contribution in [1.82, 2.24) is 19.8 Å². The summed E-state index contributed by atoms with van der Waals surface area (Å²) in [6.07, 6.45) is -0.219. The zero-order valence-electron chi connectivity index (χ0n) is 23.7. The molecule has 1 aromatic heterocycles. The molecule has 2 aliphatic heterocycles. The molecule has 1 atom stereocenters. The second-order valence-electron chi connectivity index (χ2n) is 10.6. The van der Waals surface area contributed by atoms with E-state index in [1.54, 1.807) is 7.11 Å². The van der Waals surface area contributed by atoms with E-state index in [0.717, 1.165) is 58.8 Å². The quantitative estimate of drug-likeness (QED) is 0.399. The van der Waals surface area contributed by atoms with Crippen LogP contribution in [-0.4, -0.2) is 104 Å². The van der Waals surface area contributed by atoms with E-state index in [2.05, 4.69) is 39.0 Å². The van der Waals surface area contributed by atoms with Gasteiger partial charge in [0, 0.05) is 69.1 Å². The largest absolute Gasteiger partial charge is 0.467 e. The summed E-state index contributed by atoms with van der Waals surface area (Å²) in [6, 6.07) is 12.7. The smallest absolute Gasteiger partial charge is 0.407 e. The number of hydrogen-bond acceptors (Lipinski definition) is 9. The van der Waals surface area contributed by atoms with Crippen molar-refractivity contribution in [3.05, 3.63) is 47.7 Å². The molecule has 3 aromatic rings. The van der Waals surface area contributed by atoms with Crippen molar-refractivity contribution in [2.45, 2.75) is 26.0 Å². The van der Waals surface area contributed by atoms with Gasteiger partial charge in [-0.2, -0.15) is 9.97 Å².